The Bertz CT molecular complexity index is 1070. The van der Waals surface area contributed by atoms with Crippen molar-refractivity contribution in [3.8, 4) is 5.75 Å². The number of hydrogen-bond acceptors (Lipinski definition) is 4. The van der Waals surface area contributed by atoms with Crippen molar-refractivity contribution in [2.24, 2.45) is 11.7 Å². The molecule has 3 atom stereocenters. The second-order valence-corrected chi connectivity index (χ2v) is 9.03. The van der Waals surface area contributed by atoms with Crippen LogP contribution in [0.4, 0.5) is 13.2 Å². The number of halogens is 3. The van der Waals surface area contributed by atoms with Crippen LogP contribution in [-0.4, -0.2) is 48.5 Å². The zero-order valence-corrected chi connectivity index (χ0v) is 18.9. The van der Waals surface area contributed by atoms with Crippen molar-refractivity contribution in [2.45, 2.75) is 50.2 Å². The monoisotopic (exact) mass is 475 g/mol. The third-order valence-electron chi connectivity index (χ3n) is 6.96. The van der Waals surface area contributed by atoms with Crippen LogP contribution in [0.2, 0.25) is 0 Å². The number of carbonyl (C=O) groups excluding carboxylic acids is 2. The van der Waals surface area contributed by atoms with Crippen molar-refractivity contribution in [3.63, 3.8) is 0 Å². The molecular weight excluding hydrogens is 447 g/mol. The molecule has 4 rings (SSSR count). The summed E-state index contributed by atoms with van der Waals surface area (Å²) in [6.45, 7) is -0.124. The van der Waals surface area contributed by atoms with Gasteiger partial charge < -0.3 is 20.7 Å². The Labute approximate surface area is 196 Å². The van der Waals surface area contributed by atoms with Crippen molar-refractivity contribution in [2.75, 3.05) is 13.7 Å². The fourth-order valence-corrected chi connectivity index (χ4v) is 5.29. The summed E-state index contributed by atoms with van der Waals surface area (Å²) in [6.07, 6.45) is 3.06. The minimum atomic E-state index is -1.22. The van der Waals surface area contributed by atoms with Gasteiger partial charge in [-0.15, -0.1) is 0 Å². The van der Waals surface area contributed by atoms with Crippen LogP contribution in [0.5, 0.6) is 5.75 Å². The molecular formula is C25H28F3N3O3. The van der Waals surface area contributed by atoms with E-state index in [-0.39, 0.29) is 48.3 Å². The highest BCUT2D eigenvalue weighted by Gasteiger charge is 2.44. The summed E-state index contributed by atoms with van der Waals surface area (Å²) in [6, 6.07) is 7.73. The Morgan fingerprint density at radius 2 is 1.74 bits per heavy atom. The first kappa shape index (κ1) is 24.1. The van der Waals surface area contributed by atoms with Crippen LogP contribution in [0.25, 0.3) is 0 Å². The molecule has 2 aliphatic rings. The molecule has 2 bridgehead atoms. The standard InChI is InChI=1S/C25H28F3N3O3/c1-34-23-5-3-2-4-18(23)25(33)30-13-24(32)31-16-6-7-17(31)9-15(8-16)22(29)11-14-10-20(27)21(28)12-19(14)26/h2-5,10,12,15-17,22H,6-9,11,13,29H2,1H3,(H,30,33). The molecule has 3 N–H and O–H groups in total. The number of hydrogen-bond donors (Lipinski definition) is 2. The summed E-state index contributed by atoms with van der Waals surface area (Å²) in [4.78, 5) is 27.3. The average molecular weight is 476 g/mol. The summed E-state index contributed by atoms with van der Waals surface area (Å²) >= 11 is 0. The quantitative estimate of drug-likeness (QED) is 0.603. The molecule has 2 aromatic rings. The summed E-state index contributed by atoms with van der Waals surface area (Å²) in [5.74, 6) is -3.22. The summed E-state index contributed by atoms with van der Waals surface area (Å²) in [5.41, 5.74) is 6.75. The van der Waals surface area contributed by atoms with Gasteiger partial charge in [0.2, 0.25) is 5.91 Å². The first-order valence-corrected chi connectivity index (χ1v) is 11.4. The molecule has 6 nitrogen and oxygen atoms in total. The molecule has 2 aromatic carbocycles. The van der Waals surface area contributed by atoms with Crippen molar-refractivity contribution < 1.29 is 27.5 Å². The van der Waals surface area contributed by atoms with E-state index in [0.717, 1.165) is 18.9 Å². The fourth-order valence-electron chi connectivity index (χ4n) is 5.29. The number of amides is 2. The van der Waals surface area contributed by atoms with Crippen LogP contribution in [-0.2, 0) is 11.2 Å². The van der Waals surface area contributed by atoms with E-state index in [9.17, 15) is 22.8 Å². The highest BCUT2D eigenvalue weighted by Crippen LogP contribution is 2.40. The SMILES string of the molecule is COc1ccccc1C(=O)NCC(=O)N1C2CCC1CC(C(N)Cc1cc(F)c(F)cc1F)C2. The van der Waals surface area contributed by atoms with Crippen LogP contribution in [0, 0.1) is 23.4 Å². The number of piperidine rings is 1. The Kier molecular flexibility index (Phi) is 7.11. The van der Waals surface area contributed by atoms with E-state index in [1.54, 1.807) is 24.3 Å². The van der Waals surface area contributed by atoms with Crippen molar-refractivity contribution in [1.29, 1.82) is 0 Å². The Hall–Kier alpha value is -3.07. The molecule has 2 amide bonds. The molecule has 9 heteroatoms. The number of benzene rings is 2. The number of nitrogens with zero attached hydrogens (tertiary/aromatic N) is 1. The van der Waals surface area contributed by atoms with E-state index >= 15 is 0 Å². The zero-order chi connectivity index (χ0) is 24.4. The summed E-state index contributed by atoms with van der Waals surface area (Å²) < 4.78 is 46.0. The van der Waals surface area contributed by atoms with Gasteiger partial charge in [0.1, 0.15) is 11.6 Å². The van der Waals surface area contributed by atoms with E-state index in [1.165, 1.54) is 7.11 Å². The van der Waals surface area contributed by atoms with Crippen molar-refractivity contribution in [1.82, 2.24) is 10.2 Å². The average Bonchev–Trinajstić information content (AvgIpc) is 3.09. The van der Waals surface area contributed by atoms with E-state index in [1.807, 2.05) is 4.90 Å². The minimum Gasteiger partial charge on any atom is -0.496 e. The van der Waals surface area contributed by atoms with Gasteiger partial charge in [-0.1, -0.05) is 12.1 Å². The topological polar surface area (TPSA) is 84.7 Å². The van der Waals surface area contributed by atoms with Gasteiger partial charge >= 0.3 is 0 Å². The van der Waals surface area contributed by atoms with E-state index in [2.05, 4.69) is 5.32 Å². The molecule has 0 aliphatic carbocycles. The molecule has 0 spiro atoms. The van der Waals surface area contributed by atoms with Crippen LogP contribution in [0.3, 0.4) is 0 Å². The highest BCUT2D eigenvalue weighted by molar-refractivity contribution is 5.98. The Morgan fingerprint density at radius 3 is 2.41 bits per heavy atom. The zero-order valence-electron chi connectivity index (χ0n) is 18.9. The number of methoxy groups -OCH3 is 1. The molecule has 34 heavy (non-hydrogen) atoms. The number of ether oxygens (including phenoxy) is 1. The first-order valence-electron chi connectivity index (χ1n) is 11.4. The lowest BCUT2D eigenvalue weighted by Crippen LogP contribution is -2.52. The van der Waals surface area contributed by atoms with Crippen LogP contribution < -0.4 is 15.8 Å². The predicted molar refractivity (Wildman–Crippen MR) is 120 cm³/mol. The molecule has 0 saturated carbocycles. The lowest BCUT2D eigenvalue weighted by atomic mass is 9.82. The summed E-state index contributed by atoms with van der Waals surface area (Å²) in [7, 11) is 1.48. The van der Waals surface area contributed by atoms with Crippen molar-refractivity contribution >= 4 is 11.8 Å². The lowest BCUT2D eigenvalue weighted by molar-refractivity contribution is -0.135. The number of rotatable bonds is 7. The number of para-hydroxylation sites is 1. The largest absolute Gasteiger partial charge is 0.496 e. The van der Waals surface area contributed by atoms with E-state index < -0.39 is 23.5 Å². The molecule has 2 aliphatic heterocycles. The number of fused-ring (bicyclic) bond motifs is 2. The molecule has 0 aromatic heterocycles. The van der Waals surface area contributed by atoms with Gasteiger partial charge in [0.15, 0.2) is 11.6 Å². The lowest BCUT2D eigenvalue weighted by Gasteiger charge is -2.41. The van der Waals surface area contributed by atoms with E-state index in [0.29, 0.717) is 30.2 Å². The first-order chi connectivity index (χ1) is 16.3. The molecule has 2 heterocycles. The van der Waals surface area contributed by atoms with Gasteiger partial charge in [-0.05, 0) is 61.8 Å². The van der Waals surface area contributed by atoms with Crippen LogP contribution >= 0.6 is 0 Å². The van der Waals surface area contributed by atoms with E-state index in [4.69, 9.17) is 10.5 Å². The molecule has 2 fully saturated rings. The van der Waals surface area contributed by atoms with Gasteiger partial charge in [-0.2, -0.15) is 0 Å². The predicted octanol–water partition coefficient (Wildman–Crippen LogP) is 3.18. The maximum atomic E-state index is 14.1. The van der Waals surface area contributed by atoms with Gasteiger partial charge in [-0.3, -0.25) is 9.59 Å². The van der Waals surface area contributed by atoms with Gasteiger partial charge in [0.05, 0.1) is 19.2 Å². The number of nitrogens with two attached hydrogens (primary N) is 1. The molecule has 2 saturated heterocycles. The highest BCUT2D eigenvalue weighted by atomic mass is 19.2. The maximum absolute atomic E-state index is 14.1. The third-order valence-corrected chi connectivity index (χ3v) is 6.96. The normalized spacial score (nSPS) is 22.4. The molecule has 3 unspecified atom stereocenters. The summed E-state index contributed by atoms with van der Waals surface area (Å²) in [5, 5.41) is 2.68. The van der Waals surface area contributed by atoms with Gasteiger partial charge in [0.25, 0.3) is 5.91 Å². The molecule has 0 radical (unpaired) electrons. The molecule has 182 valence electrons. The number of carbonyl (C=O) groups is 2. The Balaban J connectivity index is 1.35. The fraction of sp³-hybridized carbons (Fsp3) is 0.440. The number of nitrogens with one attached hydrogen (secondary N) is 1. The second kappa shape index (κ2) is 10.0. The van der Waals surface area contributed by atoms with Crippen LogP contribution in [0.15, 0.2) is 36.4 Å². The van der Waals surface area contributed by atoms with Gasteiger partial charge in [-0.25, -0.2) is 13.2 Å². The second-order valence-electron chi connectivity index (χ2n) is 9.03. The third kappa shape index (κ3) is 4.89. The minimum absolute atomic E-state index is 0.0136. The smallest absolute Gasteiger partial charge is 0.255 e. The van der Waals surface area contributed by atoms with Crippen LogP contribution in [0.1, 0.15) is 41.6 Å². The Morgan fingerprint density at radius 1 is 1.09 bits per heavy atom. The van der Waals surface area contributed by atoms with Crippen molar-refractivity contribution in [3.05, 3.63) is 65.0 Å². The maximum Gasteiger partial charge on any atom is 0.255 e. The van der Waals surface area contributed by atoms with Gasteiger partial charge in [0, 0.05) is 24.2 Å².